The summed E-state index contributed by atoms with van der Waals surface area (Å²) in [7, 11) is 0. The fraction of sp³-hybridized carbons (Fsp3) is 0.167. The number of thiophene rings is 1. The summed E-state index contributed by atoms with van der Waals surface area (Å²) in [6.45, 7) is 2.01. The second-order valence-corrected chi connectivity index (χ2v) is 4.52. The number of aromatic nitrogens is 1. The van der Waals surface area contributed by atoms with Gasteiger partial charge in [0.25, 0.3) is 0 Å². The number of ketones is 1. The lowest BCUT2D eigenvalue weighted by atomic mass is 10.1. The van der Waals surface area contributed by atoms with Gasteiger partial charge in [-0.1, -0.05) is 6.07 Å². The number of carbonyl (C=O) groups is 1. The smallest absolute Gasteiger partial charge is 0.168 e. The number of nitrogens with zero attached hydrogens (tertiary/aromatic N) is 1. The fourth-order valence-electron chi connectivity index (χ4n) is 1.38. The van der Waals surface area contributed by atoms with E-state index in [2.05, 4.69) is 4.98 Å². The molecule has 0 atom stereocenters. The Morgan fingerprint density at radius 1 is 1.53 bits per heavy atom. The molecular weight excluding hydrogens is 206 g/mol. The number of aryl methyl sites for hydroxylation is 1. The van der Waals surface area contributed by atoms with Gasteiger partial charge in [0, 0.05) is 34.6 Å². The molecule has 0 radical (unpaired) electrons. The van der Waals surface area contributed by atoms with Crippen LogP contribution in [-0.4, -0.2) is 10.8 Å². The van der Waals surface area contributed by atoms with Crippen LogP contribution in [0.5, 0.6) is 0 Å². The van der Waals surface area contributed by atoms with Crippen LogP contribution in [-0.2, 0) is 6.42 Å². The highest BCUT2D eigenvalue weighted by Crippen LogP contribution is 2.15. The van der Waals surface area contributed by atoms with Gasteiger partial charge in [-0.05, 0) is 24.6 Å². The standard InChI is InChI=1S/C12H11NOS/c1-9-5-11(8-15-9)12(14)6-10-3-2-4-13-7-10/h2-5,7-8H,6H2,1H3. The third-order valence-electron chi connectivity index (χ3n) is 2.14. The van der Waals surface area contributed by atoms with Gasteiger partial charge in [-0.3, -0.25) is 9.78 Å². The predicted molar refractivity (Wildman–Crippen MR) is 61.3 cm³/mol. The van der Waals surface area contributed by atoms with E-state index in [4.69, 9.17) is 0 Å². The van der Waals surface area contributed by atoms with Gasteiger partial charge in [-0.25, -0.2) is 0 Å². The van der Waals surface area contributed by atoms with E-state index in [9.17, 15) is 4.79 Å². The van der Waals surface area contributed by atoms with Crippen molar-refractivity contribution >= 4 is 17.1 Å². The van der Waals surface area contributed by atoms with Crippen molar-refractivity contribution in [3.05, 3.63) is 52.0 Å². The van der Waals surface area contributed by atoms with E-state index in [-0.39, 0.29) is 5.78 Å². The molecule has 0 aliphatic carbocycles. The summed E-state index contributed by atoms with van der Waals surface area (Å²) in [6, 6.07) is 5.70. The molecule has 76 valence electrons. The number of pyridine rings is 1. The number of Topliss-reactive ketones (excluding diaryl/α,β-unsaturated/α-hetero) is 1. The SMILES string of the molecule is Cc1cc(C(=O)Cc2cccnc2)cs1. The Balaban J connectivity index is 2.11. The van der Waals surface area contributed by atoms with Crippen molar-refractivity contribution in [2.75, 3.05) is 0 Å². The number of hydrogen-bond acceptors (Lipinski definition) is 3. The van der Waals surface area contributed by atoms with Gasteiger partial charge < -0.3 is 0 Å². The van der Waals surface area contributed by atoms with Crippen LogP contribution in [0.2, 0.25) is 0 Å². The monoisotopic (exact) mass is 217 g/mol. The van der Waals surface area contributed by atoms with E-state index in [1.54, 1.807) is 23.7 Å². The largest absolute Gasteiger partial charge is 0.294 e. The van der Waals surface area contributed by atoms with Crippen LogP contribution in [0, 0.1) is 6.92 Å². The van der Waals surface area contributed by atoms with E-state index in [1.807, 2.05) is 30.5 Å². The Morgan fingerprint density at radius 2 is 2.40 bits per heavy atom. The Morgan fingerprint density at radius 3 is 3.00 bits per heavy atom. The Hall–Kier alpha value is -1.48. The Labute approximate surface area is 92.6 Å². The second kappa shape index (κ2) is 4.36. The molecule has 0 aliphatic heterocycles. The minimum atomic E-state index is 0.160. The zero-order chi connectivity index (χ0) is 10.7. The molecule has 0 amide bonds. The number of hydrogen-bond donors (Lipinski definition) is 0. The summed E-state index contributed by atoms with van der Waals surface area (Å²) >= 11 is 1.61. The summed E-state index contributed by atoms with van der Waals surface area (Å²) in [5.41, 5.74) is 1.77. The topological polar surface area (TPSA) is 30.0 Å². The highest BCUT2D eigenvalue weighted by Gasteiger charge is 2.08. The molecule has 3 heteroatoms. The molecule has 15 heavy (non-hydrogen) atoms. The first kappa shape index (κ1) is 10.1. The first-order chi connectivity index (χ1) is 7.25. The lowest BCUT2D eigenvalue weighted by molar-refractivity contribution is 0.0993. The summed E-state index contributed by atoms with van der Waals surface area (Å²) in [6.07, 6.45) is 3.88. The third-order valence-corrected chi connectivity index (χ3v) is 3.00. The minimum Gasteiger partial charge on any atom is -0.294 e. The summed E-state index contributed by atoms with van der Waals surface area (Å²) in [5.74, 6) is 0.160. The first-order valence-electron chi connectivity index (χ1n) is 4.73. The predicted octanol–water partition coefficient (Wildman–Crippen LogP) is 2.88. The van der Waals surface area contributed by atoms with E-state index in [1.165, 1.54) is 4.88 Å². The van der Waals surface area contributed by atoms with Gasteiger partial charge >= 0.3 is 0 Å². The van der Waals surface area contributed by atoms with Crippen LogP contribution >= 0.6 is 11.3 Å². The molecule has 0 aliphatic rings. The van der Waals surface area contributed by atoms with Crippen LogP contribution in [0.4, 0.5) is 0 Å². The maximum atomic E-state index is 11.8. The van der Waals surface area contributed by atoms with Gasteiger partial charge in [0.1, 0.15) is 0 Å². The molecule has 2 aromatic heterocycles. The Kier molecular flexibility index (Phi) is 2.92. The summed E-state index contributed by atoms with van der Waals surface area (Å²) in [4.78, 5) is 17.0. The van der Waals surface area contributed by atoms with Gasteiger partial charge in [0.15, 0.2) is 5.78 Å². The Bertz CT molecular complexity index is 461. The number of carbonyl (C=O) groups excluding carboxylic acids is 1. The van der Waals surface area contributed by atoms with Crippen molar-refractivity contribution in [1.29, 1.82) is 0 Å². The normalized spacial score (nSPS) is 10.2. The summed E-state index contributed by atoms with van der Waals surface area (Å²) in [5, 5.41) is 1.91. The van der Waals surface area contributed by atoms with E-state index < -0.39 is 0 Å². The van der Waals surface area contributed by atoms with Crippen molar-refractivity contribution in [1.82, 2.24) is 4.98 Å². The van der Waals surface area contributed by atoms with Crippen molar-refractivity contribution in [3.8, 4) is 0 Å². The van der Waals surface area contributed by atoms with Crippen LogP contribution < -0.4 is 0 Å². The molecule has 0 spiro atoms. The van der Waals surface area contributed by atoms with Gasteiger partial charge in [0.2, 0.25) is 0 Å². The maximum Gasteiger partial charge on any atom is 0.168 e. The highest BCUT2D eigenvalue weighted by molar-refractivity contribution is 7.10. The third kappa shape index (κ3) is 2.50. The molecule has 0 saturated carbocycles. The van der Waals surface area contributed by atoms with Crippen LogP contribution in [0.3, 0.4) is 0 Å². The lowest BCUT2D eigenvalue weighted by Crippen LogP contribution is -2.01. The molecule has 2 rings (SSSR count). The molecule has 0 N–H and O–H groups in total. The molecule has 2 nitrogen and oxygen atoms in total. The van der Waals surface area contributed by atoms with Crippen LogP contribution in [0.25, 0.3) is 0 Å². The van der Waals surface area contributed by atoms with Crippen molar-refractivity contribution in [3.63, 3.8) is 0 Å². The molecule has 2 heterocycles. The molecule has 0 unspecified atom stereocenters. The quantitative estimate of drug-likeness (QED) is 0.740. The molecule has 0 fully saturated rings. The molecular formula is C12H11NOS. The van der Waals surface area contributed by atoms with Crippen molar-refractivity contribution < 1.29 is 4.79 Å². The van der Waals surface area contributed by atoms with Gasteiger partial charge in [0.05, 0.1) is 0 Å². The van der Waals surface area contributed by atoms with Gasteiger partial charge in [-0.15, -0.1) is 11.3 Å². The average molecular weight is 217 g/mol. The zero-order valence-corrected chi connectivity index (χ0v) is 9.25. The minimum absolute atomic E-state index is 0.160. The lowest BCUT2D eigenvalue weighted by Gasteiger charge is -1.97. The van der Waals surface area contributed by atoms with E-state index in [0.717, 1.165) is 11.1 Å². The first-order valence-corrected chi connectivity index (χ1v) is 5.61. The molecule has 0 bridgehead atoms. The van der Waals surface area contributed by atoms with Crippen molar-refractivity contribution in [2.45, 2.75) is 13.3 Å². The fourth-order valence-corrected chi connectivity index (χ4v) is 2.09. The molecule has 2 aromatic rings. The van der Waals surface area contributed by atoms with Crippen molar-refractivity contribution in [2.24, 2.45) is 0 Å². The maximum absolute atomic E-state index is 11.8. The highest BCUT2D eigenvalue weighted by atomic mass is 32.1. The average Bonchev–Trinajstić information content (AvgIpc) is 2.66. The van der Waals surface area contributed by atoms with Crippen LogP contribution in [0.15, 0.2) is 36.0 Å². The number of rotatable bonds is 3. The molecule has 0 saturated heterocycles. The second-order valence-electron chi connectivity index (χ2n) is 3.41. The van der Waals surface area contributed by atoms with E-state index >= 15 is 0 Å². The van der Waals surface area contributed by atoms with E-state index in [0.29, 0.717) is 6.42 Å². The zero-order valence-electron chi connectivity index (χ0n) is 8.43. The van der Waals surface area contributed by atoms with Gasteiger partial charge in [-0.2, -0.15) is 0 Å². The van der Waals surface area contributed by atoms with Crippen LogP contribution in [0.1, 0.15) is 20.8 Å². The summed E-state index contributed by atoms with van der Waals surface area (Å²) < 4.78 is 0. The molecule has 0 aromatic carbocycles.